The molecule has 1 aromatic rings. The normalized spacial score (nSPS) is 12.5. The van der Waals surface area contributed by atoms with E-state index in [9.17, 15) is 4.79 Å². The Bertz CT molecular complexity index is 453. The predicted molar refractivity (Wildman–Crippen MR) is 81.9 cm³/mol. The van der Waals surface area contributed by atoms with E-state index in [2.05, 4.69) is 45.0 Å². The second-order valence-corrected chi connectivity index (χ2v) is 6.57. The molecule has 0 saturated carbocycles. The van der Waals surface area contributed by atoms with E-state index in [0.29, 0.717) is 17.7 Å². The Labute approximate surface area is 119 Å². The van der Waals surface area contributed by atoms with Crippen LogP contribution in [0.4, 0.5) is 0 Å². The molecule has 1 aromatic carbocycles. The lowest BCUT2D eigenvalue weighted by atomic mass is 9.87. The second kappa shape index (κ2) is 6.80. The fraction of sp³-hybridized carbons (Fsp3) is 0.438. The summed E-state index contributed by atoms with van der Waals surface area (Å²) in [6.07, 6.45) is 2.36. The molecule has 0 radical (unpaired) electrons. The Morgan fingerprint density at radius 3 is 2.26 bits per heavy atom. The molecule has 0 unspecified atom stereocenters. The first-order valence-electron chi connectivity index (χ1n) is 6.50. The zero-order valence-electron chi connectivity index (χ0n) is 12.1. The van der Waals surface area contributed by atoms with Gasteiger partial charge in [0, 0.05) is 16.2 Å². The number of hydrogen-bond donors (Lipinski definition) is 1. The van der Waals surface area contributed by atoms with E-state index in [0.717, 1.165) is 0 Å². The summed E-state index contributed by atoms with van der Waals surface area (Å²) in [5, 5.41) is 8.92. The van der Waals surface area contributed by atoms with Gasteiger partial charge >= 0.3 is 5.97 Å². The van der Waals surface area contributed by atoms with Crippen LogP contribution in [0.2, 0.25) is 0 Å². The largest absolute Gasteiger partial charge is 0.478 e. The molecule has 0 aliphatic rings. The molecule has 1 rings (SSSR count). The standard InChI is InChI=1S/C16H22O2S/c1-5-12(15(17)18)10-11-19-14-8-6-13(7-9-14)16(2,3)4/h6-10H,5,11H2,1-4H3,(H,17,18). The first-order valence-corrected chi connectivity index (χ1v) is 7.49. The molecule has 3 heteroatoms. The average Bonchev–Trinajstić information content (AvgIpc) is 2.33. The van der Waals surface area contributed by atoms with Crippen molar-refractivity contribution < 1.29 is 9.90 Å². The molecule has 0 amide bonds. The number of aliphatic carboxylic acids is 1. The van der Waals surface area contributed by atoms with E-state index >= 15 is 0 Å². The summed E-state index contributed by atoms with van der Waals surface area (Å²) >= 11 is 1.66. The molecule has 0 bridgehead atoms. The third-order valence-electron chi connectivity index (χ3n) is 2.96. The van der Waals surface area contributed by atoms with Gasteiger partial charge in [-0.3, -0.25) is 0 Å². The predicted octanol–water partition coefficient (Wildman–Crippen LogP) is 4.50. The minimum Gasteiger partial charge on any atom is -0.478 e. The van der Waals surface area contributed by atoms with Crippen molar-refractivity contribution in [3.8, 4) is 0 Å². The molecule has 0 fully saturated rings. The summed E-state index contributed by atoms with van der Waals surface area (Å²) in [7, 11) is 0. The maximum absolute atomic E-state index is 10.9. The van der Waals surface area contributed by atoms with Gasteiger partial charge in [-0.05, 0) is 29.5 Å². The Balaban J connectivity index is 2.62. The monoisotopic (exact) mass is 278 g/mol. The molecule has 0 aliphatic heterocycles. The molecular weight excluding hydrogens is 256 g/mol. The zero-order chi connectivity index (χ0) is 14.5. The Kier molecular flexibility index (Phi) is 5.67. The summed E-state index contributed by atoms with van der Waals surface area (Å²) in [6, 6.07) is 8.49. The highest BCUT2D eigenvalue weighted by molar-refractivity contribution is 7.99. The van der Waals surface area contributed by atoms with Crippen molar-refractivity contribution in [2.45, 2.75) is 44.4 Å². The lowest BCUT2D eigenvalue weighted by Gasteiger charge is -2.18. The van der Waals surface area contributed by atoms with E-state index in [1.807, 2.05) is 6.92 Å². The smallest absolute Gasteiger partial charge is 0.331 e. The Morgan fingerprint density at radius 2 is 1.84 bits per heavy atom. The van der Waals surface area contributed by atoms with Crippen LogP contribution >= 0.6 is 11.8 Å². The fourth-order valence-corrected chi connectivity index (χ4v) is 2.48. The number of thioether (sulfide) groups is 1. The van der Waals surface area contributed by atoms with Crippen LogP contribution in [0, 0.1) is 0 Å². The van der Waals surface area contributed by atoms with Crippen LogP contribution in [-0.4, -0.2) is 16.8 Å². The third kappa shape index (κ3) is 5.11. The van der Waals surface area contributed by atoms with Crippen LogP contribution in [0.25, 0.3) is 0 Å². The first-order chi connectivity index (χ1) is 8.84. The number of carboxylic acid groups (broad SMARTS) is 1. The lowest BCUT2D eigenvalue weighted by molar-refractivity contribution is -0.132. The van der Waals surface area contributed by atoms with Crippen LogP contribution < -0.4 is 0 Å². The summed E-state index contributed by atoms with van der Waals surface area (Å²) in [6.45, 7) is 8.44. The van der Waals surface area contributed by atoms with Gasteiger partial charge < -0.3 is 5.11 Å². The van der Waals surface area contributed by atoms with E-state index in [1.54, 1.807) is 17.8 Å². The van der Waals surface area contributed by atoms with Gasteiger partial charge in [-0.1, -0.05) is 45.9 Å². The highest BCUT2D eigenvalue weighted by atomic mass is 32.2. The topological polar surface area (TPSA) is 37.3 Å². The number of hydrogen-bond acceptors (Lipinski definition) is 2. The van der Waals surface area contributed by atoms with Crippen LogP contribution in [-0.2, 0) is 10.2 Å². The number of carboxylic acids is 1. The molecule has 0 spiro atoms. The zero-order valence-corrected chi connectivity index (χ0v) is 12.9. The molecule has 19 heavy (non-hydrogen) atoms. The molecule has 104 valence electrons. The summed E-state index contributed by atoms with van der Waals surface area (Å²) < 4.78 is 0. The van der Waals surface area contributed by atoms with Gasteiger partial charge in [-0.2, -0.15) is 0 Å². The molecule has 1 N–H and O–H groups in total. The SMILES string of the molecule is CCC(=CCSc1ccc(C(C)(C)C)cc1)C(=O)O. The van der Waals surface area contributed by atoms with Crippen molar-refractivity contribution in [2.24, 2.45) is 0 Å². The molecular formula is C16H22O2S. The van der Waals surface area contributed by atoms with E-state index in [4.69, 9.17) is 5.11 Å². The van der Waals surface area contributed by atoms with E-state index in [-0.39, 0.29) is 5.41 Å². The lowest BCUT2D eigenvalue weighted by Crippen LogP contribution is -2.10. The average molecular weight is 278 g/mol. The molecule has 2 nitrogen and oxygen atoms in total. The van der Waals surface area contributed by atoms with Crippen molar-refractivity contribution in [2.75, 3.05) is 5.75 Å². The minimum absolute atomic E-state index is 0.168. The van der Waals surface area contributed by atoms with Crippen LogP contribution in [0.1, 0.15) is 39.7 Å². The van der Waals surface area contributed by atoms with Gasteiger partial charge in [-0.15, -0.1) is 11.8 Å². The second-order valence-electron chi connectivity index (χ2n) is 5.47. The van der Waals surface area contributed by atoms with E-state index in [1.165, 1.54) is 10.5 Å². The molecule has 0 heterocycles. The number of benzene rings is 1. The summed E-state index contributed by atoms with van der Waals surface area (Å²) in [4.78, 5) is 12.0. The quantitative estimate of drug-likeness (QED) is 0.636. The van der Waals surface area contributed by atoms with Gasteiger partial charge in [0.1, 0.15) is 0 Å². The minimum atomic E-state index is -0.814. The third-order valence-corrected chi connectivity index (χ3v) is 3.89. The van der Waals surface area contributed by atoms with Crippen molar-refractivity contribution >= 4 is 17.7 Å². The van der Waals surface area contributed by atoms with Crippen molar-refractivity contribution in [3.05, 3.63) is 41.5 Å². The molecule has 0 saturated heterocycles. The van der Waals surface area contributed by atoms with Gasteiger partial charge in [0.05, 0.1) is 0 Å². The highest BCUT2D eigenvalue weighted by Crippen LogP contribution is 2.25. The van der Waals surface area contributed by atoms with Crippen LogP contribution in [0.15, 0.2) is 40.8 Å². The van der Waals surface area contributed by atoms with Crippen LogP contribution in [0.3, 0.4) is 0 Å². The maximum Gasteiger partial charge on any atom is 0.331 e. The molecule has 0 atom stereocenters. The maximum atomic E-state index is 10.9. The summed E-state index contributed by atoms with van der Waals surface area (Å²) in [5.41, 5.74) is 1.97. The fourth-order valence-electron chi connectivity index (χ4n) is 1.67. The van der Waals surface area contributed by atoms with Crippen molar-refractivity contribution in [1.29, 1.82) is 0 Å². The van der Waals surface area contributed by atoms with Gasteiger partial charge in [-0.25, -0.2) is 4.79 Å². The van der Waals surface area contributed by atoms with E-state index < -0.39 is 5.97 Å². The molecule has 0 aliphatic carbocycles. The highest BCUT2D eigenvalue weighted by Gasteiger charge is 2.12. The Morgan fingerprint density at radius 1 is 1.26 bits per heavy atom. The van der Waals surface area contributed by atoms with Gasteiger partial charge in [0.25, 0.3) is 0 Å². The van der Waals surface area contributed by atoms with Crippen LogP contribution in [0.5, 0.6) is 0 Å². The van der Waals surface area contributed by atoms with Crippen molar-refractivity contribution in [1.82, 2.24) is 0 Å². The first kappa shape index (κ1) is 15.8. The van der Waals surface area contributed by atoms with Gasteiger partial charge in [0.2, 0.25) is 0 Å². The Hall–Kier alpha value is -1.22. The molecule has 0 aromatic heterocycles. The van der Waals surface area contributed by atoms with Crippen molar-refractivity contribution in [3.63, 3.8) is 0 Å². The number of carbonyl (C=O) groups is 1. The number of rotatable bonds is 5. The summed E-state index contributed by atoms with van der Waals surface area (Å²) in [5.74, 6) is -0.115. The van der Waals surface area contributed by atoms with Gasteiger partial charge in [0.15, 0.2) is 0 Å².